The lowest BCUT2D eigenvalue weighted by molar-refractivity contribution is -0.117. The lowest BCUT2D eigenvalue weighted by Crippen LogP contribution is -2.23. The molecule has 1 fully saturated rings. The molecule has 0 unspecified atom stereocenters. The Balaban J connectivity index is 1.69. The van der Waals surface area contributed by atoms with Crippen LogP contribution >= 0.6 is 0 Å². The third-order valence-electron chi connectivity index (χ3n) is 4.13. The Morgan fingerprint density at radius 1 is 1.17 bits per heavy atom. The van der Waals surface area contributed by atoms with E-state index >= 15 is 0 Å². The number of benzene rings is 2. The van der Waals surface area contributed by atoms with Crippen molar-refractivity contribution in [2.45, 2.75) is 26.2 Å². The quantitative estimate of drug-likeness (QED) is 0.942. The van der Waals surface area contributed by atoms with Crippen LogP contribution in [-0.2, 0) is 16.0 Å². The van der Waals surface area contributed by atoms with Crippen molar-refractivity contribution in [3.63, 3.8) is 0 Å². The third kappa shape index (κ3) is 3.59. The normalized spacial score (nSPS) is 14.1. The SMILES string of the molecule is Cc1ccccc1CC(=O)Nc1cccc(N2CCCC2=O)c1. The van der Waals surface area contributed by atoms with Crippen molar-refractivity contribution in [1.29, 1.82) is 0 Å². The van der Waals surface area contributed by atoms with Crippen LogP contribution in [0.3, 0.4) is 0 Å². The van der Waals surface area contributed by atoms with Crippen LogP contribution in [0.25, 0.3) is 0 Å². The summed E-state index contributed by atoms with van der Waals surface area (Å²) in [5.41, 5.74) is 3.71. The van der Waals surface area contributed by atoms with Gasteiger partial charge in [-0.2, -0.15) is 0 Å². The maximum absolute atomic E-state index is 12.2. The van der Waals surface area contributed by atoms with Crippen LogP contribution in [0.5, 0.6) is 0 Å². The molecule has 118 valence electrons. The van der Waals surface area contributed by atoms with E-state index in [0.717, 1.165) is 35.5 Å². The van der Waals surface area contributed by atoms with Crippen molar-refractivity contribution in [2.24, 2.45) is 0 Å². The van der Waals surface area contributed by atoms with Crippen molar-refractivity contribution in [2.75, 3.05) is 16.8 Å². The van der Waals surface area contributed by atoms with Gasteiger partial charge in [-0.25, -0.2) is 0 Å². The molecule has 0 bridgehead atoms. The lowest BCUT2D eigenvalue weighted by atomic mass is 10.1. The van der Waals surface area contributed by atoms with Gasteiger partial charge in [-0.05, 0) is 42.7 Å². The largest absolute Gasteiger partial charge is 0.326 e. The highest BCUT2D eigenvalue weighted by Gasteiger charge is 2.21. The molecule has 0 saturated carbocycles. The molecule has 0 radical (unpaired) electrons. The second-order valence-electron chi connectivity index (χ2n) is 5.85. The van der Waals surface area contributed by atoms with Crippen LogP contribution in [-0.4, -0.2) is 18.4 Å². The Kier molecular flexibility index (Phi) is 4.42. The fourth-order valence-electron chi connectivity index (χ4n) is 2.86. The van der Waals surface area contributed by atoms with Crippen LogP contribution in [0.4, 0.5) is 11.4 Å². The number of carbonyl (C=O) groups is 2. The Labute approximate surface area is 136 Å². The molecule has 1 saturated heterocycles. The third-order valence-corrected chi connectivity index (χ3v) is 4.13. The minimum atomic E-state index is -0.0517. The van der Waals surface area contributed by atoms with Crippen LogP contribution < -0.4 is 10.2 Å². The maximum atomic E-state index is 12.2. The first-order chi connectivity index (χ1) is 11.1. The number of rotatable bonds is 4. The lowest BCUT2D eigenvalue weighted by Gasteiger charge is -2.17. The molecule has 1 heterocycles. The highest BCUT2D eigenvalue weighted by atomic mass is 16.2. The summed E-state index contributed by atoms with van der Waals surface area (Å²) < 4.78 is 0. The number of hydrogen-bond acceptors (Lipinski definition) is 2. The average molecular weight is 308 g/mol. The molecule has 1 aliphatic heterocycles. The average Bonchev–Trinajstić information content (AvgIpc) is 2.96. The Morgan fingerprint density at radius 2 is 2.00 bits per heavy atom. The minimum Gasteiger partial charge on any atom is -0.326 e. The summed E-state index contributed by atoms with van der Waals surface area (Å²) in [5, 5.41) is 2.92. The van der Waals surface area contributed by atoms with Gasteiger partial charge in [-0.15, -0.1) is 0 Å². The number of nitrogens with one attached hydrogen (secondary N) is 1. The molecule has 0 spiro atoms. The first kappa shape index (κ1) is 15.3. The van der Waals surface area contributed by atoms with E-state index < -0.39 is 0 Å². The zero-order chi connectivity index (χ0) is 16.2. The maximum Gasteiger partial charge on any atom is 0.228 e. The summed E-state index contributed by atoms with van der Waals surface area (Å²) in [5.74, 6) is 0.0950. The highest BCUT2D eigenvalue weighted by Crippen LogP contribution is 2.24. The van der Waals surface area contributed by atoms with E-state index in [1.165, 1.54) is 0 Å². The van der Waals surface area contributed by atoms with E-state index in [1.807, 2.05) is 55.5 Å². The highest BCUT2D eigenvalue weighted by molar-refractivity contribution is 5.97. The monoisotopic (exact) mass is 308 g/mol. The van der Waals surface area contributed by atoms with Gasteiger partial charge in [-0.3, -0.25) is 9.59 Å². The number of anilines is 2. The molecule has 2 aromatic rings. The second-order valence-corrected chi connectivity index (χ2v) is 5.85. The molecule has 0 aromatic heterocycles. The number of aryl methyl sites for hydroxylation is 1. The zero-order valence-electron chi connectivity index (χ0n) is 13.2. The minimum absolute atomic E-state index is 0.0517. The van der Waals surface area contributed by atoms with E-state index in [-0.39, 0.29) is 11.8 Å². The molecular formula is C19H20N2O2. The first-order valence-electron chi connectivity index (χ1n) is 7.88. The predicted molar refractivity (Wildman–Crippen MR) is 91.5 cm³/mol. The zero-order valence-corrected chi connectivity index (χ0v) is 13.2. The molecule has 2 aromatic carbocycles. The summed E-state index contributed by atoms with van der Waals surface area (Å²) in [6, 6.07) is 15.3. The van der Waals surface area contributed by atoms with Gasteiger partial charge in [0, 0.05) is 24.3 Å². The van der Waals surface area contributed by atoms with Crippen molar-refractivity contribution in [1.82, 2.24) is 0 Å². The van der Waals surface area contributed by atoms with E-state index in [1.54, 1.807) is 4.90 Å². The number of carbonyl (C=O) groups excluding carboxylic acids is 2. The molecule has 0 aliphatic carbocycles. The Hall–Kier alpha value is -2.62. The number of amides is 2. The van der Waals surface area contributed by atoms with Crippen LogP contribution in [0.2, 0.25) is 0 Å². The summed E-state index contributed by atoms with van der Waals surface area (Å²) in [4.78, 5) is 25.8. The van der Waals surface area contributed by atoms with E-state index in [9.17, 15) is 9.59 Å². The molecule has 3 rings (SSSR count). The van der Waals surface area contributed by atoms with Crippen molar-refractivity contribution >= 4 is 23.2 Å². The van der Waals surface area contributed by atoms with Crippen LogP contribution in [0.1, 0.15) is 24.0 Å². The van der Waals surface area contributed by atoms with Gasteiger partial charge in [0.25, 0.3) is 0 Å². The van der Waals surface area contributed by atoms with Crippen molar-refractivity contribution < 1.29 is 9.59 Å². The Bertz CT molecular complexity index is 740. The van der Waals surface area contributed by atoms with Gasteiger partial charge in [0.15, 0.2) is 0 Å². The van der Waals surface area contributed by atoms with Gasteiger partial charge in [0.1, 0.15) is 0 Å². The second kappa shape index (κ2) is 6.65. The summed E-state index contributed by atoms with van der Waals surface area (Å²) in [6.45, 7) is 2.75. The fraction of sp³-hybridized carbons (Fsp3) is 0.263. The summed E-state index contributed by atoms with van der Waals surface area (Å²) in [7, 11) is 0. The standard InChI is InChI=1S/C19H20N2O2/c1-14-6-2-3-7-15(14)12-18(22)20-16-8-4-9-17(13-16)21-11-5-10-19(21)23/h2-4,6-9,13H,5,10-12H2,1H3,(H,20,22). The molecule has 2 amide bonds. The Morgan fingerprint density at radius 3 is 2.74 bits per heavy atom. The molecule has 4 nitrogen and oxygen atoms in total. The van der Waals surface area contributed by atoms with E-state index in [4.69, 9.17) is 0 Å². The first-order valence-corrected chi connectivity index (χ1v) is 7.88. The predicted octanol–water partition coefficient (Wildman–Crippen LogP) is 3.30. The van der Waals surface area contributed by atoms with Gasteiger partial charge in [0.05, 0.1) is 6.42 Å². The van der Waals surface area contributed by atoms with Crippen LogP contribution in [0, 0.1) is 6.92 Å². The molecule has 4 heteroatoms. The molecule has 0 atom stereocenters. The smallest absolute Gasteiger partial charge is 0.228 e. The fourth-order valence-corrected chi connectivity index (χ4v) is 2.86. The molecule has 1 aliphatic rings. The van der Waals surface area contributed by atoms with Crippen molar-refractivity contribution in [3.05, 3.63) is 59.7 Å². The number of hydrogen-bond donors (Lipinski definition) is 1. The van der Waals surface area contributed by atoms with Gasteiger partial charge in [0.2, 0.25) is 11.8 Å². The summed E-state index contributed by atoms with van der Waals surface area (Å²) in [6.07, 6.45) is 1.84. The van der Waals surface area contributed by atoms with Gasteiger partial charge in [-0.1, -0.05) is 30.3 Å². The topological polar surface area (TPSA) is 49.4 Å². The molecular weight excluding hydrogens is 288 g/mol. The molecule has 1 N–H and O–H groups in total. The summed E-state index contributed by atoms with van der Waals surface area (Å²) >= 11 is 0. The number of nitrogens with zero attached hydrogens (tertiary/aromatic N) is 1. The van der Waals surface area contributed by atoms with Crippen LogP contribution in [0.15, 0.2) is 48.5 Å². The van der Waals surface area contributed by atoms with Crippen molar-refractivity contribution in [3.8, 4) is 0 Å². The molecule has 23 heavy (non-hydrogen) atoms. The van der Waals surface area contributed by atoms with Gasteiger partial charge < -0.3 is 10.2 Å². The van der Waals surface area contributed by atoms with Gasteiger partial charge >= 0.3 is 0 Å². The van der Waals surface area contributed by atoms with E-state index in [2.05, 4.69) is 5.32 Å². The van der Waals surface area contributed by atoms with E-state index in [0.29, 0.717) is 12.8 Å².